The molecule has 0 N–H and O–H groups in total. The number of rotatable bonds is 7. The first kappa shape index (κ1) is 22.7. The lowest BCUT2D eigenvalue weighted by Crippen LogP contribution is -2.33. The van der Waals surface area contributed by atoms with Crippen LogP contribution in [0.1, 0.15) is 80.1 Å². The molecule has 24 heavy (non-hydrogen) atoms. The Bertz CT molecular complexity index is 405. The Hall–Kier alpha value is -1.32. The van der Waals surface area contributed by atoms with E-state index in [4.69, 9.17) is 4.74 Å². The maximum absolute atomic E-state index is 11.5. The van der Waals surface area contributed by atoms with Crippen LogP contribution in [0.3, 0.4) is 0 Å². The maximum Gasteiger partial charge on any atom is 0.409 e. The summed E-state index contributed by atoms with van der Waals surface area (Å²) in [4.78, 5) is 24.3. The first-order valence-electron chi connectivity index (χ1n) is 9.37. The van der Waals surface area contributed by atoms with Gasteiger partial charge in [0.15, 0.2) is 5.78 Å². The van der Waals surface area contributed by atoms with Gasteiger partial charge in [-0.3, -0.25) is 4.79 Å². The van der Waals surface area contributed by atoms with Crippen LogP contribution in [0.2, 0.25) is 0 Å². The third-order valence-corrected chi connectivity index (χ3v) is 3.91. The average molecular weight is 340 g/mol. The SMILES string of the molecule is CC1=CC(=O)CC(C)(C)C1.CCCCN(CCCC)C(=O)OCC. The summed E-state index contributed by atoms with van der Waals surface area (Å²) >= 11 is 0. The van der Waals surface area contributed by atoms with Crippen molar-refractivity contribution in [3.8, 4) is 0 Å². The van der Waals surface area contributed by atoms with E-state index >= 15 is 0 Å². The van der Waals surface area contributed by atoms with Gasteiger partial charge >= 0.3 is 6.09 Å². The van der Waals surface area contributed by atoms with E-state index in [1.165, 1.54) is 5.57 Å². The van der Waals surface area contributed by atoms with Gasteiger partial charge in [0, 0.05) is 19.5 Å². The number of carbonyl (C=O) groups excluding carboxylic acids is 2. The smallest absolute Gasteiger partial charge is 0.409 e. The largest absolute Gasteiger partial charge is 0.450 e. The van der Waals surface area contributed by atoms with Gasteiger partial charge in [0.25, 0.3) is 0 Å². The van der Waals surface area contributed by atoms with Crippen LogP contribution in [0.15, 0.2) is 11.6 Å². The summed E-state index contributed by atoms with van der Waals surface area (Å²) in [5.74, 6) is 0.286. The Balaban J connectivity index is 0.000000463. The van der Waals surface area contributed by atoms with E-state index in [-0.39, 0.29) is 17.3 Å². The van der Waals surface area contributed by atoms with Crippen LogP contribution in [0.25, 0.3) is 0 Å². The van der Waals surface area contributed by atoms with Gasteiger partial charge in [-0.05, 0) is 44.6 Å². The van der Waals surface area contributed by atoms with Crippen LogP contribution in [0.4, 0.5) is 4.79 Å². The second-order valence-electron chi connectivity index (χ2n) is 7.37. The van der Waals surface area contributed by atoms with Crippen molar-refractivity contribution in [1.29, 1.82) is 0 Å². The Labute approximate surface area is 148 Å². The number of unbranched alkanes of at least 4 members (excludes halogenated alkanes) is 2. The molecule has 4 nitrogen and oxygen atoms in total. The zero-order chi connectivity index (χ0) is 18.6. The molecule has 0 aromatic heterocycles. The molecule has 4 heteroatoms. The molecule has 1 rings (SSSR count). The Morgan fingerprint density at radius 3 is 2.04 bits per heavy atom. The molecule has 0 saturated heterocycles. The first-order chi connectivity index (χ1) is 11.3. The topological polar surface area (TPSA) is 46.6 Å². The minimum atomic E-state index is -0.158. The Morgan fingerprint density at radius 1 is 1.12 bits per heavy atom. The predicted octanol–water partition coefficient (Wildman–Crippen LogP) is 5.37. The molecule has 0 atom stereocenters. The number of hydrogen-bond acceptors (Lipinski definition) is 3. The molecule has 0 unspecified atom stereocenters. The van der Waals surface area contributed by atoms with Crippen molar-refractivity contribution in [2.45, 2.75) is 80.1 Å². The fourth-order valence-corrected chi connectivity index (χ4v) is 2.87. The highest BCUT2D eigenvalue weighted by atomic mass is 16.6. The first-order valence-corrected chi connectivity index (χ1v) is 9.37. The average Bonchev–Trinajstić information content (AvgIpc) is 2.45. The highest BCUT2D eigenvalue weighted by Gasteiger charge is 2.25. The summed E-state index contributed by atoms with van der Waals surface area (Å²) in [5.41, 5.74) is 1.43. The lowest BCUT2D eigenvalue weighted by atomic mass is 9.77. The number of nitrogens with zero attached hydrogens (tertiary/aromatic N) is 1. The molecule has 0 saturated carbocycles. The normalized spacial score (nSPS) is 15.9. The monoisotopic (exact) mass is 339 g/mol. The van der Waals surface area contributed by atoms with Crippen molar-refractivity contribution in [2.75, 3.05) is 19.7 Å². The van der Waals surface area contributed by atoms with Crippen LogP contribution in [0.5, 0.6) is 0 Å². The lowest BCUT2D eigenvalue weighted by Gasteiger charge is -2.27. The highest BCUT2D eigenvalue weighted by Crippen LogP contribution is 2.32. The van der Waals surface area contributed by atoms with E-state index < -0.39 is 0 Å². The van der Waals surface area contributed by atoms with Gasteiger partial charge < -0.3 is 9.64 Å². The molecule has 0 fully saturated rings. The van der Waals surface area contributed by atoms with E-state index in [2.05, 4.69) is 27.7 Å². The fraction of sp³-hybridized carbons (Fsp3) is 0.800. The molecule has 140 valence electrons. The zero-order valence-corrected chi connectivity index (χ0v) is 16.6. The fourth-order valence-electron chi connectivity index (χ4n) is 2.87. The van der Waals surface area contributed by atoms with Gasteiger partial charge in [0.2, 0.25) is 0 Å². The third kappa shape index (κ3) is 10.5. The van der Waals surface area contributed by atoms with Gasteiger partial charge in [0.05, 0.1) is 6.61 Å². The van der Waals surface area contributed by atoms with Gasteiger partial charge in [-0.1, -0.05) is 46.1 Å². The number of carbonyl (C=O) groups is 2. The molecular weight excluding hydrogens is 302 g/mol. The van der Waals surface area contributed by atoms with Crippen molar-refractivity contribution < 1.29 is 14.3 Å². The molecule has 0 aliphatic heterocycles. The summed E-state index contributed by atoms with van der Waals surface area (Å²) in [7, 11) is 0. The van der Waals surface area contributed by atoms with Gasteiger partial charge in [0.1, 0.15) is 0 Å². The number of ketones is 1. The van der Waals surface area contributed by atoms with E-state index in [1.54, 1.807) is 6.08 Å². The summed E-state index contributed by atoms with van der Waals surface area (Å²) in [6.07, 6.45) is 7.73. The molecular formula is C20H37NO3. The number of allylic oxidation sites excluding steroid dienone is 2. The quantitative estimate of drug-likeness (QED) is 0.626. The summed E-state index contributed by atoms with van der Waals surface area (Å²) in [5, 5.41) is 0. The zero-order valence-electron chi connectivity index (χ0n) is 16.6. The second-order valence-corrected chi connectivity index (χ2v) is 7.37. The number of amides is 1. The minimum absolute atomic E-state index is 0.158. The molecule has 0 spiro atoms. The van der Waals surface area contributed by atoms with Crippen LogP contribution in [-0.2, 0) is 9.53 Å². The molecule has 1 aliphatic carbocycles. The molecule has 0 aromatic carbocycles. The molecule has 1 aliphatic rings. The molecule has 0 radical (unpaired) electrons. The Morgan fingerprint density at radius 2 is 1.67 bits per heavy atom. The van der Waals surface area contributed by atoms with E-state index in [0.717, 1.165) is 45.2 Å². The molecule has 0 aromatic rings. The van der Waals surface area contributed by atoms with E-state index in [9.17, 15) is 9.59 Å². The number of ether oxygens (including phenoxy) is 1. The van der Waals surface area contributed by atoms with Crippen molar-refractivity contribution in [3.63, 3.8) is 0 Å². The molecule has 0 bridgehead atoms. The van der Waals surface area contributed by atoms with Crippen LogP contribution < -0.4 is 0 Å². The summed E-state index contributed by atoms with van der Waals surface area (Å²) in [6.45, 7) is 14.5. The second kappa shape index (κ2) is 12.1. The standard InChI is InChI=1S/C11H23NO2.C9H14O/c1-4-7-9-12(10-8-5-2)11(13)14-6-3;1-7-4-8(10)6-9(2,3)5-7/h4-10H2,1-3H3;4H,5-6H2,1-3H3. The highest BCUT2D eigenvalue weighted by molar-refractivity contribution is 5.91. The Kier molecular flexibility index (Phi) is 11.4. The lowest BCUT2D eigenvalue weighted by molar-refractivity contribution is -0.117. The van der Waals surface area contributed by atoms with Crippen molar-refractivity contribution in [3.05, 3.63) is 11.6 Å². The maximum atomic E-state index is 11.5. The van der Waals surface area contributed by atoms with Crippen molar-refractivity contribution >= 4 is 11.9 Å². The van der Waals surface area contributed by atoms with Crippen LogP contribution in [0, 0.1) is 5.41 Å². The van der Waals surface area contributed by atoms with Crippen molar-refractivity contribution in [1.82, 2.24) is 4.90 Å². The van der Waals surface area contributed by atoms with E-state index in [0.29, 0.717) is 13.0 Å². The number of hydrogen-bond donors (Lipinski definition) is 0. The van der Waals surface area contributed by atoms with Crippen LogP contribution >= 0.6 is 0 Å². The minimum Gasteiger partial charge on any atom is -0.450 e. The molecule has 0 heterocycles. The van der Waals surface area contributed by atoms with Crippen LogP contribution in [-0.4, -0.2) is 36.5 Å². The third-order valence-electron chi connectivity index (χ3n) is 3.91. The molecule has 1 amide bonds. The van der Waals surface area contributed by atoms with Gasteiger partial charge in [-0.15, -0.1) is 0 Å². The summed E-state index contributed by atoms with van der Waals surface area (Å²) in [6, 6.07) is 0. The predicted molar refractivity (Wildman–Crippen MR) is 100 cm³/mol. The van der Waals surface area contributed by atoms with Gasteiger partial charge in [-0.25, -0.2) is 4.79 Å². The van der Waals surface area contributed by atoms with Gasteiger partial charge in [-0.2, -0.15) is 0 Å². The summed E-state index contributed by atoms with van der Waals surface area (Å²) < 4.78 is 4.99. The van der Waals surface area contributed by atoms with E-state index in [1.807, 2.05) is 18.7 Å². The van der Waals surface area contributed by atoms with Crippen molar-refractivity contribution in [2.24, 2.45) is 5.41 Å².